The summed E-state index contributed by atoms with van der Waals surface area (Å²) in [6, 6.07) is -1.18. The maximum Gasteiger partial charge on any atom is 0.319 e. The molecule has 0 aromatic rings. The number of rotatable bonds is 7. The molecule has 0 amide bonds. The van der Waals surface area contributed by atoms with E-state index in [2.05, 4.69) is 22.3 Å². The van der Waals surface area contributed by atoms with E-state index in [-0.39, 0.29) is 5.62 Å². The normalized spacial score (nSPS) is 14.9. The fraction of sp³-hybridized carbons (Fsp3) is 0.667. The Morgan fingerprint density at radius 3 is 2.50 bits per heavy atom. The van der Waals surface area contributed by atoms with Gasteiger partial charge in [-0.2, -0.15) is 4.91 Å². The second kappa shape index (κ2) is 6.55. The highest BCUT2D eigenvalue weighted by Crippen LogP contribution is 2.10. The molecule has 0 bridgehead atoms. The molecular formula is C6H10N2O6S2. The van der Waals surface area contributed by atoms with E-state index < -0.39 is 40.1 Å². The maximum absolute atomic E-state index is 10.9. The number of sulfone groups is 1. The zero-order chi connectivity index (χ0) is 12.8. The molecular weight excluding hydrogens is 260 g/mol. The van der Waals surface area contributed by atoms with Crippen molar-refractivity contribution in [3.63, 3.8) is 0 Å². The standard InChI is InChI=1S/C6H10N2O6S2/c7-5(16(12,13)3-9)1-4(8-11)2-6(10)14-15/h3-5,15H,1-2,7H2. The molecule has 0 aliphatic heterocycles. The van der Waals surface area contributed by atoms with Crippen LogP contribution < -0.4 is 5.73 Å². The topological polar surface area (TPSA) is 133 Å². The first kappa shape index (κ1) is 15.0. The summed E-state index contributed by atoms with van der Waals surface area (Å²) in [7, 11) is -4.12. The Bertz CT molecular complexity index is 367. The van der Waals surface area contributed by atoms with Gasteiger partial charge in [-0.25, -0.2) is 8.42 Å². The Morgan fingerprint density at radius 1 is 1.56 bits per heavy atom. The smallest absolute Gasteiger partial charge is 0.319 e. The van der Waals surface area contributed by atoms with Crippen LogP contribution in [0, 0.1) is 4.91 Å². The van der Waals surface area contributed by atoms with E-state index in [1.165, 1.54) is 0 Å². The number of thiol groups is 1. The van der Waals surface area contributed by atoms with Crippen LogP contribution in [0.2, 0.25) is 0 Å². The average molecular weight is 270 g/mol. The quantitative estimate of drug-likeness (QED) is 0.267. The van der Waals surface area contributed by atoms with Gasteiger partial charge >= 0.3 is 5.97 Å². The van der Waals surface area contributed by atoms with E-state index in [1.807, 2.05) is 0 Å². The van der Waals surface area contributed by atoms with Crippen LogP contribution in [0.4, 0.5) is 0 Å². The average Bonchev–Trinajstić information content (AvgIpc) is 2.27. The molecule has 2 N–H and O–H groups in total. The van der Waals surface area contributed by atoms with Gasteiger partial charge in [0.2, 0.25) is 15.5 Å². The molecule has 0 radical (unpaired) electrons. The molecule has 0 aromatic carbocycles. The molecule has 10 heteroatoms. The molecule has 0 spiro atoms. The predicted octanol–water partition coefficient (Wildman–Crippen LogP) is -0.821. The van der Waals surface area contributed by atoms with E-state index >= 15 is 0 Å². The number of nitrogens with two attached hydrogens (primary N) is 1. The van der Waals surface area contributed by atoms with Crippen molar-refractivity contribution < 1.29 is 22.2 Å². The number of carbonyl (C=O) groups is 2. The molecule has 8 nitrogen and oxygen atoms in total. The summed E-state index contributed by atoms with van der Waals surface area (Å²) in [4.78, 5) is 31.1. The lowest BCUT2D eigenvalue weighted by Crippen LogP contribution is -2.35. The van der Waals surface area contributed by atoms with Crippen molar-refractivity contribution >= 4 is 34.3 Å². The summed E-state index contributed by atoms with van der Waals surface area (Å²) in [6.07, 6.45) is -0.886. The summed E-state index contributed by atoms with van der Waals surface area (Å²) in [5.74, 6) is -0.844. The monoisotopic (exact) mass is 270 g/mol. The van der Waals surface area contributed by atoms with Crippen molar-refractivity contribution in [2.45, 2.75) is 24.3 Å². The van der Waals surface area contributed by atoms with Crippen molar-refractivity contribution in [3.8, 4) is 0 Å². The van der Waals surface area contributed by atoms with Gasteiger partial charge in [-0.3, -0.25) is 9.59 Å². The first-order valence-corrected chi connectivity index (χ1v) is 5.96. The Kier molecular flexibility index (Phi) is 6.14. The molecule has 0 heterocycles. The maximum atomic E-state index is 10.9. The fourth-order valence-corrected chi connectivity index (χ4v) is 1.57. The highest BCUT2D eigenvalue weighted by atomic mass is 32.2. The Labute approximate surface area is 97.0 Å². The predicted molar refractivity (Wildman–Crippen MR) is 57.5 cm³/mol. The van der Waals surface area contributed by atoms with Crippen LogP contribution in [-0.2, 0) is 23.6 Å². The van der Waals surface area contributed by atoms with E-state index in [0.29, 0.717) is 0 Å². The summed E-state index contributed by atoms with van der Waals surface area (Å²) in [5, 5.41) is 0.950. The number of hydrogen-bond acceptors (Lipinski definition) is 9. The minimum Gasteiger partial charge on any atom is -0.395 e. The molecule has 0 saturated heterocycles. The number of carbonyl (C=O) groups excluding carboxylic acids is 2. The Morgan fingerprint density at radius 2 is 2.12 bits per heavy atom. The van der Waals surface area contributed by atoms with Gasteiger partial charge in [-0.1, -0.05) is 5.18 Å². The molecule has 2 atom stereocenters. The third-order valence-corrected chi connectivity index (χ3v) is 3.22. The van der Waals surface area contributed by atoms with Crippen LogP contribution in [0.25, 0.3) is 0 Å². The highest BCUT2D eigenvalue weighted by Gasteiger charge is 2.26. The van der Waals surface area contributed by atoms with E-state index in [9.17, 15) is 22.9 Å². The molecule has 0 aliphatic rings. The first-order chi connectivity index (χ1) is 7.37. The number of nitrogens with zero attached hydrogens (tertiary/aromatic N) is 1. The van der Waals surface area contributed by atoms with Gasteiger partial charge in [0.25, 0.3) is 0 Å². The highest BCUT2D eigenvalue weighted by molar-refractivity contribution is 8.04. The molecule has 0 aromatic heterocycles. The molecule has 2 unspecified atom stereocenters. The van der Waals surface area contributed by atoms with Crippen LogP contribution in [0.5, 0.6) is 0 Å². The largest absolute Gasteiger partial charge is 0.395 e. The van der Waals surface area contributed by atoms with Gasteiger partial charge < -0.3 is 9.92 Å². The summed E-state index contributed by atoms with van der Waals surface area (Å²) < 4.78 is 25.8. The second-order valence-electron chi connectivity index (χ2n) is 2.89. The number of nitroso groups, excluding NO2 is 1. The molecule has 0 fully saturated rings. The van der Waals surface area contributed by atoms with Crippen molar-refractivity contribution in [2.75, 3.05) is 0 Å². The molecule has 0 saturated carbocycles. The van der Waals surface area contributed by atoms with E-state index in [0.717, 1.165) is 0 Å². The van der Waals surface area contributed by atoms with Crippen LogP contribution in [0.3, 0.4) is 0 Å². The Hall–Kier alpha value is -1.00. The Balaban J connectivity index is 4.50. The van der Waals surface area contributed by atoms with Crippen LogP contribution in [-0.4, -0.2) is 31.4 Å². The van der Waals surface area contributed by atoms with E-state index in [1.54, 1.807) is 0 Å². The molecule has 0 rings (SSSR count). The minimum atomic E-state index is -4.12. The van der Waals surface area contributed by atoms with Gasteiger partial charge in [0.05, 0.1) is 6.42 Å². The summed E-state index contributed by atoms with van der Waals surface area (Å²) in [6.45, 7) is 0. The third-order valence-electron chi connectivity index (χ3n) is 1.71. The third kappa shape index (κ3) is 4.68. The van der Waals surface area contributed by atoms with Crippen molar-refractivity contribution in [1.29, 1.82) is 0 Å². The van der Waals surface area contributed by atoms with Crippen LogP contribution >= 0.6 is 12.9 Å². The molecule has 0 aliphatic carbocycles. The zero-order valence-electron chi connectivity index (χ0n) is 7.98. The van der Waals surface area contributed by atoms with Gasteiger partial charge in [0, 0.05) is 19.3 Å². The summed E-state index contributed by atoms with van der Waals surface area (Å²) >= 11 is 3.20. The van der Waals surface area contributed by atoms with Crippen molar-refractivity contribution in [1.82, 2.24) is 0 Å². The van der Waals surface area contributed by atoms with Crippen molar-refractivity contribution in [2.24, 2.45) is 10.9 Å². The zero-order valence-corrected chi connectivity index (χ0v) is 9.69. The van der Waals surface area contributed by atoms with E-state index in [4.69, 9.17) is 5.73 Å². The number of hydrogen-bond donors (Lipinski definition) is 2. The molecule has 16 heavy (non-hydrogen) atoms. The fourth-order valence-electron chi connectivity index (χ4n) is 0.867. The lowest BCUT2D eigenvalue weighted by Gasteiger charge is -2.11. The molecule has 92 valence electrons. The van der Waals surface area contributed by atoms with Crippen LogP contribution in [0.15, 0.2) is 5.18 Å². The van der Waals surface area contributed by atoms with Gasteiger partial charge in [0.1, 0.15) is 11.4 Å². The van der Waals surface area contributed by atoms with Gasteiger partial charge in [-0.15, -0.1) is 0 Å². The minimum absolute atomic E-state index is 0.309. The summed E-state index contributed by atoms with van der Waals surface area (Å²) in [5.41, 5.74) is 4.86. The SMILES string of the molecule is NC(CC(CC(=O)OS)N=O)S(=O)(=O)C=O. The second-order valence-corrected chi connectivity index (χ2v) is 5.04. The van der Waals surface area contributed by atoms with Gasteiger partial charge in [-0.05, 0) is 0 Å². The van der Waals surface area contributed by atoms with Crippen molar-refractivity contribution in [3.05, 3.63) is 4.91 Å². The lowest BCUT2D eigenvalue weighted by molar-refractivity contribution is -0.133. The first-order valence-electron chi connectivity index (χ1n) is 3.98. The lowest BCUT2D eigenvalue weighted by atomic mass is 10.1. The van der Waals surface area contributed by atoms with Gasteiger partial charge in [0.15, 0.2) is 0 Å². The van der Waals surface area contributed by atoms with Crippen LogP contribution in [0.1, 0.15) is 12.8 Å².